The van der Waals surface area contributed by atoms with E-state index in [2.05, 4.69) is 24.5 Å². The highest BCUT2D eigenvalue weighted by Gasteiger charge is 2.39. The van der Waals surface area contributed by atoms with E-state index in [0.717, 1.165) is 12.8 Å². The van der Waals surface area contributed by atoms with Gasteiger partial charge in [0.2, 0.25) is 0 Å². The van der Waals surface area contributed by atoms with E-state index in [-0.39, 0.29) is 12.1 Å². The number of rotatable bonds is 4. The van der Waals surface area contributed by atoms with E-state index >= 15 is 0 Å². The van der Waals surface area contributed by atoms with E-state index in [4.69, 9.17) is 4.74 Å². The summed E-state index contributed by atoms with van der Waals surface area (Å²) in [5, 5.41) is 6.32. The van der Waals surface area contributed by atoms with E-state index in [1.54, 1.807) is 0 Å². The van der Waals surface area contributed by atoms with Crippen LogP contribution in [-0.4, -0.2) is 29.8 Å². The molecule has 0 spiro atoms. The Morgan fingerprint density at radius 1 is 1.44 bits per heavy atom. The van der Waals surface area contributed by atoms with Crippen LogP contribution in [0.25, 0.3) is 0 Å². The van der Waals surface area contributed by atoms with Gasteiger partial charge in [0.15, 0.2) is 0 Å². The number of ether oxygens (including phenoxy) is 1. The van der Waals surface area contributed by atoms with Crippen molar-refractivity contribution in [3.8, 4) is 0 Å². The van der Waals surface area contributed by atoms with Crippen molar-refractivity contribution in [2.75, 3.05) is 0 Å². The predicted molar refractivity (Wildman–Crippen MR) is 64.5 cm³/mol. The molecule has 1 aliphatic rings. The lowest BCUT2D eigenvalue weighted by molar-refractivity contribution is 0.0522. The van der Waals surface area contributed by atoms with Gasteiger partial charge >= 0.3 is 6.09 Å². The van der Waals surface area contributed by atoms with Crippen LogP contribution in [0.15, 0.2) is 0 Å². The minimum absolute atomic E-state index is 0.240. The molecule has 16 heavy (non-hydrogen) atoms. The van der Waals surface area contributed by atoms with Gasteiger partial charge in [-0.15, -0.1) is 0 Å². The van der Waals surface area contributed by atoms with Gasteiger partial charge in [-0.05, 0) is 40.5 Å². The molecule has 0 heterocycles. The number of carbonyl (C=O) groups excluding carboxylic acids is 1. The lowest BCUT2D eigenvalue weighted by Gasteiger charge is -2.20. The summed E-state index contributed by atoms with van der Waals surface area (Å²) in [7, 11) is 0. The summed E-state index contributed by atoms with van der Waals surface area (Å²) in [4.78, 5) is 11.4. The average Bonchev–Trinajstić information content (AvgIpc) is 2.79. The van der Waals surface area contributed by atoms with E-state index in [0.29, 0.717) is 12.1 Å². The fourth-order valence-electron chi connectivity index (χ4n) is 1.48. The normalized spacial score (nSPS) is 26.1. The van der Waals surface area contributed by atoms with Crippen LogP contribution >= 0.6 is 0 Å². The first kappa shape index (κ1) is 13.3. The Labute approximate surface area is 98.1 Å². The number of amides is 1. The Kier molecular flexibility index (Phi) is 4.19. The Balaban J connectivity index is 2.19. The van der Waals surface area contributed by atoms with E-state index in [1.165, 1.54) is 0 Å². The van der Waals surface area contributed by atoms with Crippen molar-refractivity contribution < 1.29 is 9.53 Å². The van der Waals surface area contributed by atoms with Crippen molar-refractivity contribution >= 4 is 6.09 Å². The second-order valence-corrected chi connectivity index (χ2v) is 5.57. The van der Waals surface area contributed by atoms with E-state index in [1.807, 2.05) is 20.8 Å². The largest absolute Gasteiger partial charge is 0.444 e. The second-order valence-electron chi connectivity index (χ2n) is 5.57. The van der Waals surface area contributed by atoms with Crippen LogP contribution in [0.2, 0.25) is 0 Å². The van der Waals surface area contributed by atoms with Crippen molar-refractivity contribution in [3.63, 3.8) is 0 Å². The van der Waals surface area contributed by atoms with Crippen molar-refractivity contribution in [1.29, 1.82) is 0 Å². The summed E-state index contributed by atoms with van der Waals surface area (Å²) in [6, 6.07) is 1.17. The highest BCUT2D eigenvalue weighted by molar-refractivity contribution is 5.68. The minimum atomic E-state index is -0.418. The SMILES string of the molecule is CCC(C)NC1CC1NC(=O)OC(C)(C)C. The molecule has 2 N–H and O–H groups in total. The molecule has 4 heteroatoms. The van der Waals surface area contributed by atoms with Crippen LogP contribution in [0.1, 0.15) is 47.5 Å². The Hall–Kier alpha value is -0.770. The highest BCUT2D eigenvalue weighted by Crippen LogP contribution is 2.22. The molecule has 0 saturated heterocycles. The Morgan fingerprint density at radius 2 is 2.06 bits per heavy atom. The fraction of sp³-hybridized carbons (Fsp3) is 0.917. The Bertz CT molecular complexity index is 248. The van der Waals surface area contributed by atoms with Crippen molar-refractivity contribution in [2.24, 2.45) is 0 Å². The molecule has 0 bridgehead atoms. The zero-order valence-corrected chi connectivity index (χ0v) is 11.0. The summed E-state index contributed by atoms with van der Waals surface area (Å²) in [6.45, 7) is 9.91. The first-order valence-corrected chi connectivity index (χ1v) is 6.07. The lowest BCUT2D eigenvalue weighted by atomic mass is 10.2. The maximum Gasteiger partial charge on any atom is 0.407 e. The molecule has 1 aliphatic carbocycles. The third-order valence-corrected chi connectivity index (χ3v) is 2.60. The summed E-state index contributed by atoms with van der Waals surface area (Å²) in [5.74, 6) is 0. The predicted octanol–water partition coefficient (Wildman–Crippen LogP) is 2.04. The van der Waals surface area contributed by atoms with Crippen LogP contribution in [-0.2, 0) is 4.74 Å². The standard InChI is InChI=1S/C12H24N2O2/c1-6-8(2)13-9-7-10(9)14-11(15)16-12(3,4)5/h8-10,13H,6-7H2,1-5H3,(H,14,15). The van der Waals surface area contributed by atoms with Gasteiger partial charge in [0.25, 0.3) is 0 Å². The quantitative estimate of drug-likeness (QED) is 0.774. The van der Waals surface area contributed by atoms with Gasteiger partial charge in [0, 0.05) is 18.1 Å². The summed E-state index contributed by atoms with van der Waals surface area (Å²) < 4.78 is 5.19. The van der Waals surface area contributed by atoms with Crippen molar-refractivity contribution in [3.05, 3.63) is 0 Å². The van der Waals surface area contributed by atoms with Crippen LogP contribution in [0.4, 0.5) is 4.79 Å². The molecular weight excluding hydrogens is 204 g/mol. The molecule has 1 saturated carbocycles. The number of alkyl carbamates (subject to hydrolysis) is 1. The molecule has 3 atom stereocenters. The maximum atomic E-state index is 11.4. The third kappa shape index (κ3) is 4.84. The van der Waals surface area contributed by atoms with Gasteiger partial charge in [-0.3, -0.25) is 0 Å². The first-order valence-electron chi connectivity index (χ1n) is 6.07. The molecule has 3 unspecified atom stereocenters. The number of nitrogens with one attached hydrogen (secondary N) is 2. The number of carbonyl (C=O) groups is 1. The molecule has 1 rings (SSSR count). The van der Waals surface area contributed by atoms with Gasteiger partial charge in [0.05, 0.1) is 0 Å². The summed E-state index contributed by atoms with van der Waals surface area (Å²) in [6.07, 6.45) is 1.80. The second kappa shape index (κ2) is 5.04. The van der Waals surface area contributed by atoms with Crippen LogP contribution in [0, 0.1) is 0 Å². The van der Waals surface area contributed by atoms with Gasteiger partial charge in [-0.1, -0.05) is 6.92 Å². The summed E-state index contributed by atoms with van der Waals surface area (Å²) >= 11 is 0. The maximum absolute atomic E-state index is 11.4. The van der Waals surface area contributed by atoms with Crippen LogP contribution in [0.3, 0.4) is 0 Å². The molecule has 1 fully saturated rings. The van der Waals surface area contributed by atoms with Crippen molar-refractivity contribution in [2.45, 2.75) is 71.2 Å². The lowest BCUT2D eigenvalue weighted by Crippen LogP contribution is -2.38. The highest BCUT2D eigenvalue weighted by atomic mass is 16.6. The van der Waals surface area contributed by atoms with E-state index < -0.39 is 5.60 Å². The zero-order valence-electron chi connectivity index (χ0n) is 11.0. The molecule has 0 aliphatic heterocycles. The molecular formula is C12H24N2O2. The third-order valence-electron chi connectivity index (χ3n) is 2.60. The van der Waals surface area contributed by atoms with Crippen LogP contribution in [0.5, 0.6) is 0 Å². The molecule has 0 aromatic carbocycles. The average molecular weight is 228 g/mol. The molecule has 4 nitrogen and oxygen atoms in total. The monoisotopic (exact) mass is 228 g/mol. The van der Waals surface area contributed by atoms with Gasteiger partial charge in [-0.25, -0.2) is 4.79 Å². The van der Waals surface area contributed by atoms with Gasteiger partial charge in [-0.2, -0.15) is 0 Å². The number of hydrogen-bond donors (Lipinski definition) is 2. The van der Waals surface area contributed by atoms with Crippen LogP contribution < -0.4 is 10.6 Å². The minimum Gasteiger partial charge on any atom is -0.444 e. The molecule has 0 aromatic rings. The molecule has 94 valence electrons. The van der Waals surface area contributed by atoms with E-state index in [9.17, 15) is 4.79 Å². The fourth-order valence-corrected chi connectivity index (χ4v) is 1.48. The molecule has 0 radical (unpaired) electrons. The Morgan fingerprint density at radius 3 is 2.56 bits per heavy atom. The summed E-state index contributed by atoms with van der Waals surface area (Å²) in [5.41, 5.74) is -0.418. The zero-order chi connectivity index (χ0) is 12.3. The molecule has 1 amide bonds. The first-order chi connectivity index (χ1) is 7.31. The smallest absolute Gasteiger partial charge is 0.407 e. The number of hydrogen-bond acceptors (Lipinski definition) is 3. The van der Waals surface area contributed by atoms with Gasteiger partial charge in [0.1, 0.15) is 5.60 Å². The topological polar surface area (TPSA) is 50.4 Å². The van der Waals surface area contributed by atoms with Crippen molar-refractivity contribution in [1.82, 2.24) is 10.6 Å². The molecule has 0 aromatic heterocycles. The van der Waals surface area contributed by atoms with Gasteiger partial charge < -0.3 is 15.4 Å².